The molecule has 0 aliphatic carbocycles. The number of nitrogens with zero attached hydrogens (tertiary/aromatic N) is 2. The van der Waals surface area contributed by atoms with Crippen LogP contribution in [0.15, 0.2) is 48.7 Å². The minimum atomic E-state index is -0.495. The number of hydrogen-bond acceptors (Lipinski definition) is 6. The van der Waals surface area contributed by atoms with Gasteiger partial charge in [-0.1, -0.05) is 38.4 Å². The quantitative estimate of drug-likeness (QED) is 0.463. The molecule has 37 heavy (non-hydrogen) atoms. The van der Waals surface area contributed by atoms with Gasteiger partial charge in [0.25, 0.3) is 5.91 Å². The molecule has 2 atom stereocenters. The summed E-state index contributed by atoms with van der Waals surface area (Å²) in [6, 6.07) is 12.2. The molecule has 8 nitrogen and oxygen atoms in total. The van der Waals surface area contributed by atoms with Crippen molar-refractivity contribution in [2.45, 2.75) is 39.3 Å². The van der Waals surface area contributed by atoms with Crippen LogP contribution < -0.4 is 20.1 Å². The maximum absolute atomic E-state index is 13.7. The molecule has 0 saturated carbocycles. The number of carbonyl (C=O) groups excluding carboxylic acids is 2. The Morgan fingerprint density at radius 1 is 1.16 bits per heavy atom. The number of likely N-dealkylation sites (tertiary alicyclic amines) is 1. The van der Waals surface area contributed by atoms with Crippen molar-refractivity contribution < 1.29 is 19.1 Å². The average molecular weight is 525 g/mol. The molecule has 9 heteroatoms. The summed E-state index contributed by atoms with van der Waals surface area (Å²) in [5.41, 5.74) is 0.873. The molecule has 0 bridgehead atoms. The number of anilines is 1. The zero-order valence-electron chi connectivity index (χ0n) is 21.8. The lowest BCUT2D eigenvalue weighted by molar-refractivity contribution is -0.133. The van der Waals surface area contributed by atoms with Crippen molar-refractivity contribution in [3.63, 3.8) is 0 Å². The highest BCUT2D eigenvalue weighted by molar-refractivity contribution is 6.31. The highest BCUT2D eigenvalue weighted by atomic mass is 35.5. The maximum Gasteiger partial charge on any atom is 0.251 e. The number of benzene rings is 2. The number of halogens is 1. The number of carbonyl (C=O) groups is 2. The van der Waals surface area contributed by atoms with Gasteiger partial charge in [0.15, 0.2) is 0 Å². The maximum atomic E-state index is 13.7. The van der Waals surface area contributed by atoms with Crippen LogP contribution in [0.1, 0.15) is 37.6 Å². The van der Waals surface area contributed by atoms with Crippen molar-refractivity contribution in [1.82, 2.24) is 15.2 Å². The van der Waals surface area contributed by atoms with Crippen LogP contribution in [0, 0.1) is 5.41 Å². The lowest BCUT2D eigenvalue weighted by atomic mass is 9.85. The molecule has 1 fully saturated rings. The van der Waals surface area contributed by atoms with E-state index in [2.05, 4.69) is 15.6 Å². The fourth-order valence-electron chi connectivity index (χ4n) is 4.50. The van der Waals surface area contributed by atoms with Crippen molar-refractivity contribution in [2.24, 2.45) is 5.41 Å². The van der Waals surface area contributed by atoms with Gasteiger partial charge in [-0.05, 0) is 41.8 Å². The van der Waals surface area contributed by atoms with Crippen LogP contribution in [0.4, 0.5) is 5.69 Å². The summed E-state index contributed by atoms with van der Waals surface area (Å²) in [7, 11) is 3.19. The normalized spacial score (nSPS) is 16.4. The van der Waals surface area contributed by atoms with Crippen molar-refractivity contribution in [3.8, 4) is 11.6 Å². The van der Waals surface area contributed by atoms with Gasteiger partial charge >= 0.3 is 0 Å². The van der Waals surface area contributed by atoms with Crippen LogP contribution in [-0.4, -0.2) is 61.1 Å². The number of fused-ring (bicyclic) bond motifs is 1. The van der Waals surface area contributed by atoms with Gasteiger partial charge in [0, 0.05) is 47.1 Å². The van der Waals surface area contributed by atoms with Crippen molar-refractivity contribution >= 4 is 39.9 Å². The summed E-state index contributed by atoms with van der Waals surface area (Å²) in [6.07, 6.45) is 2.12. The molecule has 1 aliphatic rings. The Morgan fingerprint density at radius 3 is 2.65 bits per heavy atom. The number of amides is 2. The first-order valence-electron chi connectivity index (χ1n) is 12.3. The van der Waals surface area contributed by atoms with E-state index in [0.717, 1.165) is 10.8 Å². The summed E-state index contributed by atoms with van der Waals surface area (Å²) in [4.78, 5) is 32.0. The predicted molar refractivity (Wildman–Crippen MR) is 146 cm³/mol. The molecule has 2 N–H and O–H groups in total. The second-order valence-electron chi connectivity index (χ2n) is 10.2. The molecule has 2 heterocycles. The molecule has 2 aromatic carbocycles. The Kier molecular flexibility index (Phi) is 7.78. The van der Waals surface area contributed by atoms with Gasteiger partial charge in [-0.15, -0.1) is 0 Å². The molecule has 1 aromatic heterocycles. The molecular formula is C28H33ClN4O4. The second-order valence-corrected chi connectivity index (χ2v) is 10.7. The van der Waals surface area contributed by atoms with Gasteiger partial charge in [-0.3, -0.25) is 9.59 Å². The Balaban J connectivity index is 1.50. The first kappa shape index (κ1) is 26.5. The van der Waals surface area contributed by atoms with E-state index in [-0.39, 0.29) is 23.3 Å². The Bertz CT molecular complexity index is 1310. The van der Waals surface area contributed by atoms with Crippen LogP contribution in [-0.2, 0) is 4.79 Å². The summed E-state index contributed by atoms with van der Waals surface area (Å²) >= 11 is 6.24. The molecule has 1 saturated heterocycles. The molecule has 3 aromatic rings. The summed E-state index contributed by atoms with van der Waals surface area (Å²) in [5.74, 6) is 0.915. The van der Waals surface area contributed by atoms with Gasteiger partial charge in [0.05, 0.1) is 19.9 Å². The predicted octanol–water partition coefficient (Wildman–Crippen LogP) is 4.76. The van der Waals surface area contributed by atoms with E-state index in [4.69, 9.17) is 21.1 Å². The number of aromatic nitrogens is 1. The topological polar surface area (TPSA) is 92.8 Å². The lowest BCUT2D eigenvalue weighted by Gasteiger charge is -2.34. The van der Waals surface area contributed by atoms with Crippen molar-refractivity contribution in [3.05, 3.63) is 59.2 Å². The number of ether oxygens (including phenoxy) is 2. The van der Waals surface area contributed by atoms with Crippen LogP contribution in [0.5, 0.6) is 11.6 Å². The van der Waals surface area contributed by atoms with E-state index < -0.39 is 6.04 Å². The molecule has 0 spiro atoms. The average Bonchev–Trinajstić information content (AvgIpc) is 3.34. The van der Waals surface area contributed by atoms with E-state index in [1.54, 1.807) is 44.6 Å². The van der Waals surface area contributed by atoms with E-state index in [0.29, 0.717) is 47.4 Å². The van der Waals surface area contributed by atoms with Crippen LogP contribution in [0.25, 0.3) is 10.8 Å². The second kappa shape index (κ2) is 10.8. The fraction of sp³-hybridized carbons (Fsp3) is 0.393. The molecule has 196 valence electrons. The smallest absolute Gasteiger partial charge is 0.251 e. The van der Waals surface area contributed by atoms with Gasteiger partial charge in [0.2, 0.25) is 11.8 Å². The molecular weight excluding hydrogens is 492 g/mol. The SMILES string of the molecule is CNC(=O)c1cccc(NC(C(=O)N2CC[C@@H](Oc3ncc(OC)c4ccc(Cl)cc34)C2)C(C)(C)C)c1. The van der Waals surface area contributed by atoms with Crippen LogP contribution in [0.2, 0.25) is 5.02 Å². The van der Waals surface area contributed by atoms with E-state index in [1.165, 1.54) is 0 Å². The Labute approximate surface area is 222 Å². The third kappa shape index (κ3) is 5.91. The Morgan fingerprint density at radius 2 is 1.95 bits per heavy atom. The van der Waals surface area contributed by atoms with Gasteiger partial charge < -0.3 is 25.0 Å². The van der Waals surface area contributed by atoms with Crippen LogP contribution in [0.3, 0.4) is 0 Å². The molecule has 1 aliphatic heterocycles. The number of methoxy groups -OCH3 is 1. The highest BCUT2D eigenvalue weighted by Gasteiger charge is 2.38. The van der Waals surface area contributed by atoms with E-state index in [9.17, 15) is 9.59 Å². The molecule has 4 rings (SSSR count). The van der Waals surface area contributed by atoms with Crippen LogP contribution >= 0.6 is 11.6 Å². The zero-order chi connectivity index (χ0) is 26.7. The lowest BCUT2D eigenvalue weighted by Crippen LogP contribution is -2.49. The number of pyridine rings is 1. The molecule has 2 amide bonds. The monoisotopic (exact) mass is 524 g/mol. The van der Waals surface area contributed by atoms with Gasteiger partial charge in [0.1, 0.15) is 17.9 Å². The molecule has 0 radical (unpaired) electrons. The number of rotatable bonds is 7. The summed E-state index contributed by atoms with van der Waals surface area (Å²) < 4.78 is 11.7. The van der Waals surface area contributed by atoms with Gasteiger partial charge in [-0.2, -0.15) is 0 Å². The minimum absolute atomic E-state index is 0.0143. The highest BCUT2D eigenvalue weighted by Crippen LogP contribution is 2.34. The first-order valence-corrected chi connectivity index (χ1v) is 12.6. The fourth-order valence-corrected chi connectivity index (χ4v) is 4.67. The minimum Gasteiger partial charge on any atom is -0.494 e. The summed E-state index contributed by atoms with van der Waals surface area (Å²) in [5, 5.41) is 8.20. The molecule has 1 unspecified atom stereocenters. The van der Waals surface area contributed by atoms with E-state index in [1.807, 2.05) is 43.9 Å². The zero-order valence-corrected chi connectivity index (χ0v) is 22.6. The summed E-state index contributed by atoms with van der Waals surface area (Å²) in [6.45, 7) is 7.08. The third-order valence-corrected chi connectivity index (χ3v) is 6.74. The first-order chi connectivity index (χ1) is 17.6. The van der Waals surface area contributed by atoms with Crippen molar-refractivity contribution in [2.75, 3.05) is 32.6 Å². The standard InChI is InChI=1S/C28H33ClN4O4/c1-28(2,3)24(32-19-8-6-7-17(13-19)25(34)30-4)27(35)33-12-11-20(16-33)37-26-22-14-18(29)9-10-21(22)23(36-5)15-31-26/h6-10,13-15,20,24,32H,11-12,16H2,1-5H3,(H,30,34)/t20-,24?/m1/s1. The number of nitrogens with one attached hydrogen (secondary N) is 2. The Hall–Kier alpha value is -3.52. The largest absolute Gasteiger partial charge is 0.494 e. The number of hydrogen-bond donors (Lipinski definition) is 2. The van der Waals surface area contributed by atoms with Gasteiger partial charge in [-0.25, -0.2) is 4.98 Å². The van der Waals surface area contributed by atoms with Crippen molar-refractivity contribution in [1.29, 1.82) is 0 Å². The van der Waals surface area contributed by atoms with E-state index >= 15 is 0 Å². The third-order valence-electron chi connectivity index (χ3n) is 6.51.